The lowest BCUT2D eigenvalue weighted by Gasteiger charge is -2.14. The predicted molar refractivity (Wildman–Crippen MR) is 94.5 cm³/mol. The van der Waals surface area contributed by atoms with E-state index in [1.165, 1.54) is 6.07 Å². The quantitative estimate of drug-likeness (QED) is 0.804. The molecular weight excluding hydrogens is 322 g/mol. The number of ether oxygens (including phenoxy) is 2. The normalized spacial score (nSPS) is 10.4. The molecule has 25 heavy (non-hydrogen) atoms. The first kappa shape index (κ1) is 18.3. The van der Waals surface area contributed by atoms with Crippen LogP contribution in [0.2, 0.25) is 0 Å². The summed E-state index contributed by atoms with van der Waals surface area (Å²) < 4.78 is 10.8. The molecule has 0 bridgehead atoms. The molecule has 0 fully saturated rings. The molecule has 0 heterocycles. The van der Waals surface area contributed by atoms with Gasteiger partial charge in [0.1, 0.15) is 11.5 Å². The highest BCUT2D eigenvalue weighted by Gasteiger charge is 2.10. The van der Waals surface area contributed by atoms with Gasteiger partial charge in [-0.2, -0.15) is 0 Å². The number of carbonyl (C=O) groups excluding carboxylic acids is 1. The molecule has 0 spiro atoms. The van der Waals surface area contributed by atoms with Crippen LogP contribution in [-0.2, 0) is 4.79 Å². The zero-order valence-electron chi connectivity index (χ0n) is 14.4. The van der Waals surface area contributed by atoms with E-state index in [1.54, 1.807) is 24.3 Å². The van der Waals surface area contributed by atoms with Crippen LogP contribution in [0.1, 0.15) is 29.8 Å². The van der Waals surface area contributed by atoms with Crippen LogP contribution in [0.4, 0.5) is 5.69 Å². The van der Waals surface area contributed by atoms with E-state index in [1.807, 2.05) is 32.9 Å². The maximum atomic E-state index is 12.4. The standard InChI is InChI=1S/C19H21NO5/c1-12(2)25-17-8-7-15(9-13(17)3)20-19(23)14-5-4-6-16(10-14)24-11-18(21)22/h4-10,12H,11H2,1-3H3,(H,20,23)(H,21,22). The molecule has 2 N–H and O–H groups in total. The molecule has 132 valence electrons. The molecule has 1 amide bonds. The van der Waals surface area contributed by atoms with E-state index < -0.39 is 12.6 Å². The van der Waals surface area contributed by atoms with E-state index in [9.17, 15) is 9.59 Å². The zero-order chi connectivity index (χ0) is 18.4. The van der Waals surface area contributed by atoms with Crippen LogP contribution in [0.5, 0.6) is 11.5 Å². The Morgan fingerprint density at radius 3 is 2.56 bits per heavy atom. The fourth-order valence-electron chi connectivity index (χ4n) is 2.19. The molecule has 0 aliphatic heterocycles. The number of hydrogen-bond acceptors (Lipinski definition) is 4. The van der Waals surface area contributed by atoms with Gasteiger partial charge in [-0.25, -0.2) is 4.79 Å². The minimum Gasteiger partial charge on any atom is -0.491 e. The summed E-state index contributed by atoms with van der Waals surface area (Å²) in [5, 5.41) is 11.4. The summed E-state index contributed by atoms with van der Waals surface area (Å²) >= 11 is 0. The van der Waals surface area contributed by atoms with Gasteiger partial charge in [-0.3, -0.25) is 4.79 Å². The second-order valence-corrected chi connectivity index (χ2v) is 5.81. The first-order valence-corrected chi connectivity index (χ1v) is 7.88. The Bertz CT molecular complexity index is 770. The second kappa shape index (κ2) is 8.19. The van der Waals surface area contributed by atoms with E-state index in [0.717, 1.165) is 11.3 Å². The largest absolute Gasteiger partial charge is 0.491 e. The molecule has 2 aromatic carbocycles. The van der Waals surface area contributed by atoms with E-state index in [4.69, 9.17) is 14.6 Å². The van der Waals surface area contributed by atoms with E-state index in [2.05, 4.69) is 5.32 Å². The summed E-state index contributed by atoms with van der Waals surface area (Å²) in [5.41, 5.74) is 1.95. The molecule has 0 aliphatic rings. The SMILES string of the molecule is Cc1cc(NC(=O)c2cccc(OCC(=O)O)c2)ccc1OC(C)C. The summed E-state index contributed by atoms with van der Waals surface area (Å²) in [6.45, 7) is 5.36. The van der Waals surface area contributed by atoms with Crippen LogP contribution >= 0.6 is 0 Å². The maximum absolute atomic E-state index is 12.4. The van der Waals surface area contributed by atoms with Crippen molar-refractivity contribution in [2.45, 2.75) is 26.9 Å². The molecule has 0 aliphatic carbocycles. The Morgan fingerprint density at radius 2 is 1.92 bits per heavy atom. The number of rotatable bonds is 7. The third kappa shape index (κ3) is 5.53. The molecule has 0 saturated heterocycles. The minimum atomic E-state index is -1.07. The predicted octanol–water partition coefficient (Wildman–Crippen LogP) is 3.50. The molecule has 2 rings (SSSR count). The number of carboxylic acid groups (broad SMARTS) is 1. The van der Waals surface area contributed by atoms with Crippen LogP contribution in [0.3, 0.4) is 0 Å². The average molecular weight is 343 g/mol. The van der Waals surface area contributed by atoms with E-state index >= 15 is 0 Å². The van der Waals surface area contributed by atoms with Crippen molar-refractivity contribution in [3.63, 3.8) is 0 Å². The molecular formula is C19H21NO5. The third-order valence-corrected chi connectivity index (χ3v) is 3.25. The van der Waals surface area contributed by atoms with Gasteiger partial charge in [0.15, 0.2) is 6.61 Å². The van der Waals surface area contributed by atoms with Gasteiger partial charge in [-0.1, -0.05) is 6.07 Å². The highest BCUT2D eigenvalue weighted by Crippen LogP contribution is 2.23. The Balaban J connectivity index is 2.08. The Hall–Kier alpha value is -3.02. The number of carboxylic acids is 1. The molecule has 0 saturated carbocycles. The maximum Gasteiger partial charge on any atom is 0.341 e. The molecule has 2 aromatic rings. The van der Waals surface area contributed by atoms with Crippen LogP contribution < -0.4 is 14.8 Å². The van der Waals surface area contributed by atoms with Gasteiger partial charge < -0.3 is 19.9 Å². The van der Waals surface area contributed by atoms with Crippen molar-refractivity contribution >= 4 is 17.6 Å². The van der Waals surface area contributed by atoms with Gasteiger partial charge in [0.25, 0.3) is 5.91 Å². The Morgan fingerprint density at radius 1 is 1.16 bits per heavy atom. The highest BCUT2D eigenvalue weighted by molar-refractivity contribution is 6.04. The van der Waals surface area contributed by atoms with Gasteiger partial charge in [0, 0.05) is 11.3 Å². The van der Waals surface area contributed by atoms with Crippen molar-refractivity contribution in [2.24, 2.45) is 0 Å². The lowest BCUT2D eigenvalue weighted by molar-refractivity contribution is -0.139. The number of aryl methyl sites for hydroxylation is 1. The molecule has 0 radical (unpaired) electrons. The molecule has 0 atom stereocenters. The smallest absolute Gasteiger partial charge is 0.341 e. The molecule has 6 heteroatoms. The van der Waals surface area contributed by atoms with Gasteiger partial charge >= 0.3 is 5.97 Å². The average Bonchev–Trinajstić information content (AvgIpc) is 2.55. The van der Waals surface area contributed by atoms with Crippen molar-refractivity contribution in [1.29, 1.82) is 0 Å². The van der Waals surface area contributed by atoms with Crippen molar-refractivity contribution in [1.82, 2.24) is 0 Å². The van der Waals surface area contributed by atoms with Crippen LogP contribution in [-0.4, -0.2) is 29.7 Å². The number of anilines is 1. The first-order valence-electron chi connectivity index (χ1n) is 7.88. The van der Waals surface area contributed by atoms with Gasteiger partial charge in [-0.15, -0.1) is 0 Å². The van der Waals surface area contributed by atoms with Crippen molar-refractivity contribution in [2.75, 3.05) is 11.9 Å². The minimum absolute atomic E-state index is 0.0766. The number of aliphatic carboxylic acids is 1. The Kier molecular flexibility index (Phi) is 6.00. The van der Waals surface area contributed by atoms with E-state index in [0.29, 0.717) is 17.0 Å². The van der Waals surface area contributed by atoms with Crippen molar-refractivity contribution in [3.05, 3.63) is 53.6 Å². The van der Waals surface area contributed by atoms with Crippen LogP contribution in [0, 0.1) is 6.92 Å². The highest BCUT2D eigenvalue weighted by atomic mass is 16.5. The monoisotopic (exact) mass is 343 g/mol. The van der Waals surface area contributed by atoms with Crippen LogP contribution in [0.25, 0.3) is 0 Å². The number of benzene rings is 2. The summed E-state index contributed by atoms with van der Waals surface area (Å²) in [6, 6.07) is 11.8. The summed E-state index contributed by atoms with van der Waals surface area (Å²) in [5.74, 6) is -0.282. The summed E-state index contributed by atoms with van der Waals surface area (Å²) in [6.07, 6.45) is 0.0766. The lowest BCUT2D eigenvalue weighted by Crippen LogP contribution is -2.13. The number of nitrogens with one attached hydrogen (secondary N) is 1. The van der Waals surface area contributed by atoms with E-state index in [-0.39, 0.29) is 12.0 Å². The summed E-state index contributed by atoms with van der Waals surface area (Å²) in [4.78, 5) is 22.9. The summed E-state index contributed by atoms with van der Waals surface area (Å²) in [7, 11) is 0. The van der Waals surface area contributed by atoms with Gasteiger partial charge in [0.05, 0.1) is 6.10 Å². The second-order valence-electron chi connectivity index (χ2n) is 5.81. The topological polar surface area (TPSA) is 84.9 Å². The molecule has 0 aromatic heterocycles. The van der Waals surface area contributed by atoms with Crippen molar-refractivity contribution < 1.29 is 24.2 Å². The fourth-order valence-corrected chi connectivity index (χ4v) is 2.19. The Labute approximate surface area is 146 Å². The zero-order valence-corrected chi connectivity index (χ0v) is 14.4. The first-order chi connectivity index (χ1) is 11.8. The van der Waals surface area contributed by atoms with Gasteiger partial charge in [0.2, 0.25) is 0 Å². The lowest BCUT2D eigenvalue weighted by atomic mass is 10.1. The van der Waals surface area contributed by atoms with Crippen LogP contribution in [0.15, 0.2) is 42.5 Å². The number of amides is 1. The number of hydrogen-bond donors (Lipinski definition) is 2. The number of carbonyl (C=O) groups is 2. The fraction of sp³-hybridized carbons (Fsp3) is 0.263. The van der Waals surface area contributed by atoms with Crippen molar-refractivity contribution in [3.8, 4) is 11.5 Å². The molecule has 6 nitrogen and oxygen atoms in total. The third-order valence-electron chi connectivity index (χ3n) is 3.25. The van der Waals surface area contributed by atoms with Gasteiger partial charge in [-0.05, 0) is 62.7 Å². The molecule has 0 unspecified atom stereocenters.